The number of para-hydroxylation sites is 2. The largest absolute Gasteiger partial charge is 0.354 e. The van der Waals surface area contributed by atoms with E-state index in [1.165, 1.54) is 0 Å². The Morgan fingerprint density at radius 2 is 1.65 bits per heavy atom. The average molecular weight is 286 g/mol. The molecule has 2 rings (SSSR count). The maximum Gasteiger partial charge on any atom is 0.299 e. The van der Waals surface area contributed by atoms with Gasteiger partial charge in [0.05, 0.1) is 17.1 Å². The Hall–Kier alpha value is -2.31. The second kappa shape index (κ2) is 5.77. The van der Waals surface area contributed by atoms with Crippen molar-refractivity contribution in [2.75, 3.05) is 10.6 Å². The van der Waals surface area contributed by atoms with Gasteiger partial charge in [-0.3, -0.25) is 4.79 Å². The summed E-state index contributed by atoms with van der Waals surface area (Å²) in [6.07, 6.45) is -4.46. The number of allylic oxidation sites excluding steroid dienone is 3. The Balaban J connectivity index is 2.42. The first-order valence-electron chi connectivity index (χ1n) is 5.64. The number of anilines is 2. The number of benzene rings is 1. The predicted octanol–water partition coefficient (Wildman–Crippen LogP) is 3.39. The van der Waals surface area contributed by atoms with Crippen molar-refractivity contribution in [1.82, 2.24) is 0 Å². The van der Waals surface area contributed by atoms with Crippen LogP contribution < -0.4 is 10.6 Å². The van der Waals surface area contributed by atoms with E-state index < -0.39 is 24.3 Å². The molecule has 0 amide bonds. The predicted molar refractivity (Wildman–Crippen MR) is 66.9 cm³/mol. The minimum absolute atomic E-state index is 0.122. The maximum absolute atomic E-state index is 12.8. The highest BCUT2D eigenvalue weighted by molar-refractivity contribution is 5.94. The molecule has 0 saturated heterocycles. The van der Waals surface area contributed by atoms with Gasteiger partial charge < -0.3 is 10.6 Å². The van der Waals surface area contributed by atoms with Gasteiger partial charge in [0.15, 0.2) is 0 Å². The summed E-state index contributed by atoms with van der Waals surface area (Å²) in [4.78, 5) is 11.0. The molecule has 0 aliphatic carbocycles. The number of halogens is 4. The van der Waals surface area contributed by atoms with Crippen LogP contribution in [0.1, 0.15) is 0 Å². The fraction of sp³-hybridized carbons (Fsp3) is 0.154. The lowest BCUT2D eigenvalue weighted by atomic mass is 10.2. The molecule has 1 aliphatic heterocycles. The van der Waals surface area contributed by atoms with E-state index in [9.17, 15) is 22.4 Å². The highest BCUT2D eigenvalue weighted by atomic mass is 19.3. The summed E-state index contributed by atoms with van der Waals surface area (Å²) in [5.74, 6) is -1.45. The molecule has 3 nitrogen and oxygen atoms in total. The molecule has 0 atom stereocenters. The first kappa shape index (κ1) is 14.1. The first-order valence-corrected chi connectivity index (χ1v) is 5.64. The Bertz CT molecular complexity index is 581. The van der Waals surface area contributed by atoms with Crippen molar-refractivity contribution in [1.29, 1.82) is 0 Å². The molecule has 1 aliphatic rings. The minimum atomic E-state index is -3.18. The molecule has 0 radical (unpaired) electrons. The Labute approximate surface area is 112 Å². The lowest BCUT2D eigenvalue weighted by molar-refractivity contribution is -0.124. The van der Waals surface area contributed by atoms with Gasteiger partial charge in [-0.05, 0) is 18.2 Å². The van der Waals surface area contributed by atoms with E-state index in [0.717, 1.165) is 6.08 Å². The monoisotopic (exact) mass is 286 g/mol. The zero-order valence-corrected chi connectivity index (χ0v) is 10.0. The molecular formula is C13H10F4N2O. The Kier molecular flexibility index (Phi) is 4.07. The number of rotatable bonds is 3. The summed E-state index contributed by atoms with van der Waals surface area (Å²) in [5.41, 5.74) is 0.179. The van der Waals surface area contributed by atoms with Crippen LogP contribution in [-0.2, 0) is 4.79 Å². The molecule has 0 fully saturated rings. The van der Waals surface area contributed by atoms with Crippen molar-refractivity contribution in [2.45, 2.75) is 12.9 Å². The molecule has 0 spiro atoms. The number of fused-ring (bicyclic) bond motifs is 1. The van der Waals surface area contributed by atoms with E-state index in [0.29, 0.717) is 17.5 Å². The SMILES string of the molecule is O=C(/C=C1/C=C(C(F)F)Nc2ccccc2N1)C(F)F. The maximum atomic E-state index is 12.8. The number of carbonyl (C=O) groups is 1. The molecule has 7 heteroatoms. The normalized spacial score (nSPS) is 16.3. The number of nitrogens with one attached hydrogen (secondary N) is 2. The second-order valence-corrected chi connectivity index (χ2v) is 4.00. The third kappa shape index (κ3) is 3.17. The van der Waals surface area contributed by atoms with E-state index in [2.05, 4.69) is 10.6 Å². The molecule has 0 aromatic heterocycles. The van der Waals surface area contributed by atoms with Crippen LogP contribution in [0.25, 0.3) is 0 Å². The van der Waals surface area contributed by atoms with Crippen molar-refractivity contribution in [3.05, 3.63) is 47.8 Å². The Morgan fingerprint density at radius 3 is 2.20 bits per heavy atom. The van der Waals surface area contributed by atoms with Gasteiger partial charge >= 0.3 is 0 Å². The van der Waals surface area contributed by atoms with Crippen LogP contribution in [0.4, 0.5) is 28.9 Å². The van der Waals surface area contributed by atoms with E-state index in [1.807, 2.05) is 0 Å². The van der Waals surface area contributed by atoms with Crippen LogP contribution in [0.3, 0.4) is 0 Å². The third-order valence-corrected chi connectivity index (χ3v) is 2.54. The van der Waals surface area contributed by atoms with E-state index >= 15 is 0 Å². The summed E-state index contributed by atoms with van der Waals surface area (Å²) in [5, 5.41) is 5.17. The average Bonchev–Trinajstić information content (AvgIpc) is 2.57. The van der Waals surface area contributed by atoms with Crippen molar-refractivity contribution in [3.63, 3.8) is 0 Å². The molecule has 20 heavy (non-hydrogen) atoms. The lowest BCUT2D eigenvalue weighted by Gasteiger charge is -2.10. The van der Waals surface area contributed by atoms with Gasteiger partial charge in [0.25, 0.3) is 12.9 Å². The van der Waals surface area contributed by atoms with Crippen molar-refractivity contribution >= 4 is 17.2 Å². The van der Waals surface area contributed by atoms with Gasteiger partial charge in [0.1, 0.15) is 0 Å². The van der Waals surface area contributed by atoms with E-state index in [-0.39, 0.29) is 5.70 Å². The molecular weight excluding hydrogens is 276 g/mol. The smallest absolute Gasteiger partial charge is 0.299 e. The second-order valence-electron chi connectivity index (χ2n) is 4.00. The van der Waals surface area contributed by atoms with E-state index in [4.69, 9.17) is 0 Å². The number of hydrogen-bond acceptors (Lipinski definition) is 3. The zero-order chi connectivity index (χ0) is 14.7. The first-order chi connectivity index (χ1) is 9.47. The summed E-state index contributed by atoms with van der Waals surface area (Å²) < 4.78 is 50.2. The highest BCUT2D eigenvalue weighted by Gasteiger charge is 2.19. The number of carbonyl (C=O) groups excluding carboxylic acids is 1. The van der Waals surface area contributed by atoms with Gasteiger partial charge in [0.2, 0.25) is 5.78 Å². The molecule has 1 heterocycles. The lowest BCUT2D eigenvalue weighted by Crippen LogP contribution is -2.10. The summed E-state index contributed by atoms with van der Waals surface area (Å²) in [6.45, 7) is 0. The minimum Gasteiger partial charge on any atom is -0.354 e. The number of alkyl halides is 4. The summed E-state index contributed by atoms with van der Waals surface area (Å²) in [6, 6.07) is 6.41. The van der Waals surface area contributed by atoms with Gasteiger partial charge in [-0.2, -0.15) is 0 Å². The van der Waals surface area contributed by atoms with Crippen LogP contribution >= 0.6 is 0 Å². The molecule has 0 bridgehead atoms. The van der Waals surface area contributed by atoms with Crippen LogP contribution in [0.5, 0.6) is 0 Å². The quantitative estimate of drug-likeness (QED) is 0.661. The summed E-state index contributed by atoms with van der Waals surface area (Å²) in [7, 11) is 0. The topological polar surface area (TPSA) is 41.1 Å². The fourth-order valence-electron chi connectivity index (χ4n) is 1.66. The third-order valence-electron chi connectivity index (χ3n) is 2.54. The van der Waals surface area contributed by atoms with Crippen LogP contribution in [0, 0.1) is 0 Å². The van der Waals surface area contributed by atoms with Gasteiger partial charge in [0, 0.05) is 11.8 Å². The van der Waals surface area contributed by atoms with Crippen molar-refractivity contribution in [2.24, 2.45) is 0 Å². The van der Waals surface area contributed by atoms with E-state index in [1.54, 1.807) is 24.3 Å². The highest BCUT2D eigenvalue weighted by Crippen LogP contribution is 2.29. The van der Waals surface area contributed by atoms with Crippen LogP contribution in [0.2, 0.25) is 0 Å². The van der Waals surface area contributed by atoms with Gasteiger partial charge in [-0.1, -0.05) is 12.1 Å². The van der Waals surface area contributed by atoms with Crippen molar-refractivity contribution in [3.8, 4) is 0 Å². The zero-order valence-electron chi connectivity index (χ0n) is 10.0. The molecule has 2 N–H and O–H groups in total. The number of hydrogen-bond donors (Lipinski definition) is 2. The molecule has 106 valence electrons. The van der Waals surface area contributed by atoms with Crippen molar-refractivity contribution < 1.29 is 22.4 Å². The van der Waals surface area contributed by atoms with Crippen LogP contribution in [0.15, 0.2) is 47.8 Å². The molecule has 0 unspecified atom stereocenters. The molecule has 0 saturated carbocycles. The van der Waals surface area contributed by atoms with Crippen LogP contribution in [-0.4, -0.2) is 18.6 Å². The number of ketones is 1. The standard InChI is InChI=1S/C13H10F4N2O/c14-12(15)10-5-7(6-11(20)13(16)17)18-8-3-1-2-4-9(8)19-10/h1-6,12-13,18-19H/b7-6-. The fourth-order valence-corrected chi connectivity index (χ4v) is 1.66. The summed E-state index contributed by atoms with van der Waals surface area (Å²) >= 11 is 0. The Morgan fingerprint density at radius 1 is 1.05 bits per heavy atom. The van der Waals surface area contributed by atoms with Gasteiger partial charge in [-0.25, -0.2) is 17.6 Å². The molecule has 1 aromatic rings. The molecule has 1 aromatic carbocycles. The van der Waals surface area contributed by atoms with Gasteiger partial charge in [-0.15, -0.1) is 0 Å².